The number of aliphatic hydroxyl groups excluding tert-OH is 1. The summed E-state index contributed by atoms with van der Waals surface area (Å²) < 4.78 is 33.7. The van der Waals surface area contributed by atoms with Crippen molar-refractivity contribution in [3.63, 3.8) is 0 Å². The average molecular weight is 798 g/mol. The number of hydrogen-bond acceptors (Lipinski definition) is 9. The number of quaternary nitrogens is 1. The van der Waals surface area contributed by atoms with E-state index in [2.05, 4.69) is 38.2 Å². The molecule has 0 aliphatic carbocycles. The van der Waals surface area contributed by atoms with Crippen molar-refractivity contribution in [2.24, 2.45) is 0 Å². The van der Waals surface area contributed by atoms with Crippen molar-refractivity contribution in [3.05, 3.63) is 48.6 Å². The molecular formula is C44H80NO9P. The number of phosphoric acid groups is 1. The van der Waals surface area contributed by atoms with Crippen LogP contribution in [0.1, 0.15) is 162 Å². The van der Waals surface area contributed by atoms with Crippen LogP contribution in [-0.4, -0.2) is 81.2 Å². The molecule has 0 aliphatic heterocycles. The van der Waals surface area contributed by atoms with Crippen molar-refractivity contribution >= 4 is 19.8 Å². The molecule has 0 aromatic rings. The van der Waals surface area contributed by atoms with E-state index in [0.29, 0.717) is 30.3 Å². The minimum Gasteiger partial charge on any atom is -0.756 e. The Balaban J connectivity index is 4.57. The summed E-state index contributed by atoms with van der Waals surface area (Å²) in [5.41, 5.74) is 0. The smallest absolute Gasteiger partial charge is 0.306 e. The number of allylic oxidation sites excluding steroid dienone is 7. The second-order valence-corrected chi connectivity index (χ2v) is 17.0. The van der Waals surface area contributed by atoms with Gasteiger partial charge < -0.3 is 33.0 Å². The van der Waals surface area contributed by atoms with Gasteiger partial charge >= 0.3 is 11.9 Å². The molecule has 0 aliphatic rings. The summed E-state index contributed by atoms with van der Waals surface area (Å²) in [4.78, 5) is 37.5. The number of rotatable bonds is 38. The third kappa shape index (κ3) is 39.9. The molecule has 0 spiro atoms. The van der Waals surface area contributed by atoms with E-state index >= 15 is 0 Å². The van der Waals surface area contributed by atoms with Gasteiger partial charge in [-0.2, -0.15) is 0 Å². The van der Waals surface area contributed by atoms with Crippen molar-refractivity contribution in [2.45, 2.75) is 174 Å². The van der Waals surface area contributed by atoms with Crippen molar-refractivity contribution < 1.29 is 47.2 Å². The SMILES string of the molecule is CCCCC/C=C\C/C=C\C/C=C\C=C\[C@@H](O)CCCC(=O)OC[C@H](COP(=O)([O-])OCC[N+](C)(C)C)OC(=O)CCCCCCCCCCCCCCC. The highest BCUT2D eigenvalue weighted by Gasteiger charge is 2.22. The van der Waals surface area contributed by atoms with E-state index in [0.717, 1.165) is 38.5 Å². The number of aliphatic hydroxyl groups is 1. The van der Waals surface area contributed by atoms with Crippen LogP contribution in [0.15, 0.2) is 48.6 Å². The zero-order valence-electron chi connectivity index (χ0n) is 35.5. The quantitative estimate of drug-likeness (QED) is 0.0162. The Morgan fingerprint density at radius 3 is 1.84 bits per heavy atom. The second kappa shape index (κ2) is 36.3. The first-order chi connectivity index (χ1) is 26.4. The molecule has 1 unspecified atom stereocenters. The van der Waals surface area contributed by atoms with Gasteiger partial charge in [0.05, 0.1) is 33.9 Å². The lowest BCUT2D eigenvalue weighted by atomic mass is 10.0. The third-order valence-corrected chi connectivity index (χ3v) is 9.92. The highest BCUT2D eigenvalue weighted by Crippen LogP contribution is 2.38. The van der Waals surface area contributed by atoms with Crippen LogP contribution in [0.25, 0.3) is 0 Å². The summed E-state index contributed by atoms with van der Waals surface area (Å²) >= 11 is 0. The molecule has 1 N–H and O–H groups in total. The van der Waals surface area contributed by atoms with Gasteiger partial charge in [0.25, 0.3) is 7.82 Å². The Labute approximate surface area is 336 Å². The normalized spacial score (nSPS) is 14.7. The highest BCUT2D eigenvalue weighted by atomic mass is 31.2. The number of ether oxygens (including phenoxy) is 2. The van der Waals surface area contributed by atoms with E-state index in [1.54, 1.807) is 12.2 Å². The number of likely N-dealkylation sites (N-methyl/N-ethyl adjacent to an activating group) is 1. The average Bonchev–Trinajstić information content (AvgIpc) is 3.12. The summed E-state index contributed by atoms with van der Waals surface area (Å²) in [6, 6.07) is 0. The first-order valence-corrected chi connectivity index (χ1v) is 22.9. The summed E-state index contributed by atoms with van der Waals surface area (Å²) in [6.45, 7) is 3.96. The summed E-state index contributed by atoms with van der Waals surface area (Å²) in [5, 5.41) is 10.3. The fourth-order valence-electron chi connectivity index (χ4n) is 5.52. The molecule has 0 fully saturated rings. The Bertz CT molecular complexity index is 1100. The van der Waals surface area contributed by atoms with E-state index in [1.165, 1.54) is 77.0 Å². The lowest BCUT2D eigenvalue weighted by Crippen LogP contribution is -2.37. The summed E-state index contributed by atoms with van der Waals surface area (Å²) in [7, 11) is 1.06. The van der Waals surface area contributed by atoms with Crippen LogP contribution in [0.2, 0.25) is 0 Å². The van der Waals surface area contributed by atoms with Gasteiger partial charge in [-0.05, 0) is 44.9 Å². The van der Waals surface area contributed by atoms with Crippen LogP contribution in [-0.2, 0) is 32.7 Å². The van der Waals surface area contributed by atoms with Gasteiger partial charge in [0.2, 0.25) is 0 Å². The molecule has 0 amide bonds. The van der Waals surface area contributed by atoms with E-state index in [4.69, 9.17) is 18.5 Å². The first-order valence-electron chi connectivity index (χ1n) is 21.5. The van der Waals surface area contributed by atoms with Crippen LogP contribution in [0.4, 0.5) is 0 Å². The maximum atomic E-state index is 12.6. The molecule has 11 heteroatoms. The Hall–Kier alpha value is -2.07. The number of esters is 2. The van der Waals surface area contributed by atoms with Crippen molar-refractivity contribution in [1.29, 1.82) is 0 Å². The van der Waals surface area contributed by atoms with Crippen LogP contribution in [0, 0.1) is 0 Å². The molecular weight excluding hydrogens is 717 g/mol. The number of carbonyl (C=O) groups is 2. The predicted molar refractivity (Wildman–Crippen MR) is 223 cm³/mol. The molecule has 0 saturated carbocycles. The molecule has 0 bridgehead atoms. The van der Waals surface area contributed by atoms with Crippen LogP contribution >= 0.6 is 7.82 Å². The zero-order chi connectivity index (χ0) is 40.9. The Kier molecular flexibility index (Phi) is 34.9. The number of hydrogen-bond donors (Lipinski definition) is 1. The van der Waals surface area contributed by atoms with Crippen LogP contribution in [0.3, 0.4) is 0 Å². The topological polar surface area (TPSA) is 131 Å². The van der Waals surface area contributed by atoms with Gasteiger partial charge in [-0.15, -0.1) is 0 Å². The zero-order valence-corrected chi connectivity index (χ0v) is 36.4. The lowest BCUT2D eigenvalue weighted by molar-refractivity contribution is -0.870. The lowest BCUT2D eigenvalue weighted by Gasteiger charge is -2.28. The van der Waals surface area contributed by atoms with Crippen LogP contribution in [0.5, 0.6) is 0 Å². The Morgan fingerprint density at radius 2 is 1.22 bits per heavy atom. The molecule has 10 nitrogen and oxygen atoms in total. The molecule has 0 rings (SSSR count). The molecule has 0 aromatic heterocycles. The van der Waals surface area contributed by atoms with Crippen molar-refractivity contribution in [2.75, 3.05) is 47.5 Å². The molecule has 0 heterocycles. The molecule has 0 aromatic carbocycles. The first kappa shape index (κ1) is 52.9. The number of unbranched alkanes of at least 4 members (excludes halogenated alkanes) is 15. The predicted octanol–water partition coefficient (Wildman–Crippen LogP) is 10.2. The van der Waals surface area contributed by atoms with Gasteiger partial charge in [0.1, 0.15) is 19.8 Å². The summed E-state index contributed by atoms with van der Waals surface area (Å²) in [5.74, 6) is -1.04. The maximum Gasteiger partial charge on any atom is 0.306 e. The molecule has 0 saturated heterocycles. The fourth-order valence-corrected chi connectivity index (χ4v) is 6.25. The van der Waals surface area contributed by atoms with E-state index in [9.17, 15) is 24.2 Å². The van der Waals surface area contributed by atoms with E-state index in [-0.39, 0.29) is 26.1 Å². The number of carbonyl (C=O) groups excluding carboxylic acids is 2. The van der Waals surface area contributed by atoms with Crippen molar-refractivity contribution in [1.82, 2.24) is 0 Å². The number of nitrogens with zero attached hydrogens (tertiary/aromatic N) is 1. The van der Waals surface area contributed by atoms with Gasteiger partial charge in [-0.25, -0.2) is 0 Å². The van der Waals surface area contributed by atoms with Gasteiger partial charge in [0, 0.05) is 12.8 Å². The second-order valence-electron chi connectivity index (χ2n) is 15.6. The van der Waals surface area contributed by atoms with Crippen LogP contribution < -0.4 is 4.89 Å². The largest absolute Gasteiger partial charge is 0.756 e. The molecule has 55 heavy (non-hydrogen) atoms. The number of phosphoric ester groups is 1. The minimum atomic E-state index is -4.67. The minimum absolute atomic E-state index is 0.0489. The monoisotopic (exact) mass is 798 g/mol. The maximum absolute atomic E-state index is 12.6. The molecule has 0 radical (unpaired) electrons. The van der Waals surface area contributed by atoms with Gasteiger partial charge in [-0.3, -0.25) is 14.2 Å². The van der Waals surface area contributed by atoms with Gasteiger partial charge in [0.15, 0.2) is 6.10 Å². The summed E-state index contributed by atoms with van der Waals surface area (Å²) in [6.07, 6.45) is 37.4. The van der Waals surface area contributed by atoms with E-state index in [1.807, 2.05) is 33.3 Å². The van der Waals surface area contributed by atoms with Gasteiger partial charge in [-0.1, -0.05) is 152 Å². The standard InChI is InChI=1S/C44H80NO9P/c1-6-8-10-12-14-16-18-20-22-24-26-28-30-33-41(46)34-32-36-43(47)51-39-42(40-53-55(49,50)52-38-37-45(3,4)5)54-44(48)35-31-29-27-25-23-21-19-17-15-13-11-9-7-2/h14,16,20,22,26,28,30,33,41-42,46H,6-13,15,17-19,21,23-25,27,29,31-32,34-40H2,1-5H3/b16-14-,22-20-,28-26-,33-30+/t41-,42-/m1/s1. The fraction of sp³-hybridized carbons (Fsp3) is 0.773. The Morgan fingerprint density at radius 1 is 0.673 bits per heavy atom. The highest BCUT2D eigenvalue weighted by molar-refractivity contribution is 7.45. The van der Waals surface area contributed by atoms with E-state index < -0.39 is 38.6 Å². The third-order valence-electron chi connectivity index (χ3n) is 8.96. The molecule has 3 atom stereocenters. The molecule has 320 valence electrons. The van der Waals surface area contributed by atoms with Crippen molar-refractivity contribution in [3.8, 4) is 0 Å².